The number of hydrogen-bond acceptors (Lipinski definition) is 5. The Labute approximate surface area is 161 Å². The summed E-state index contributed by atoms with van der Waals surface area (Å²) in [7, 11) is 0. The zero-order chi connectivity index (χ0) is 20.1. The molecule has 8 nitrogen and oxygen atoms in total. The Morgan fingerprint density at radius 3 is 2.32 bits per heavy atom. The number of esters is 1. The van der Waals surface area contributed by atoms with E-state index in [1.165, 1.54) is 17.0 Å². The molecule has 1 heterocycles. The Bertz CT molecular complexity index is 896. The fourth-order valence-electron chi connectivity index (χ4n) is 2.73. The minimum Gasteiger partial charge on any atom is -0.462 e. The summed E-state index contributed by atoms with van der Waals surface area (Å²) in [4.78, 5) is 50.9. The van der Waals surface area contributed by atoms with Crippen LogP contribution in [-0.2, 0) is 9.53 Å². The molecule has 0 bridgehead atoms. The number of carbonyl (C=O) groups is 4. The van der Waals surface area contributed by atoms with Crippen LogP contribution in [0.2, 0.25) is 0 Å². The molecule has 8 heteroatoms. The average molecular weight is 381 g/mol. The highest BCUT2D eigenvalue weighted by molar-refractivity contribution is 6.12. The van der Waals surface area contributed by atoms with Gasteiger partial charge in [0.2, 0.25) is 0 Å². The quantitative estimate of drug-likeness (QED) is 0.610. The van der Waals surface area contributed by atoms with Gasteiger partial charge in [-0.05, 0) is 43.3 Å². The maximum Gasteiger partial charge on any atom is 0.338 e. The fourth-order valence-corrected chi connectivity index (χ4v) is 2.73. The van der Waals surface area contributed by atoms with E-state index in [9.17, 15) is 19.2 Å². The summed E-state index contributed by atoms with van der Waals surface area (Å²) < 4.78 is 4.92. The summed E-state index contributed by atoms with van der Waals surface area (Å²) in [5.41, 5.74) is 1.27. The van der Waals surface area contributed by atoms with Gasteiger partial charge in [-0.3, -0.25) is 14.5 Å². The molecule has 0 saturated carbocycles. The molecule has 0 aromatic heterocycles. The van der Waals surface area contributed by atoms with E-state index in [-0.39, 0.29) is 25.7 Å². The summed E-state index contributed by atoms with van der Waals surface area (Å²) in [6.07, 6.45) is 0. The summed E-state index contributed by atoms with van der Waals surface area (Å²) in [6.45, 7) is 1.62. The molecule has 0 radical (unpaired) electrons. The van der Waals surface area contributed by atoms with Crippen molar-refractivity contribution in [3.8, 4) is 0 Å². The number of rotatable bonds is 6. The van der Waals surface area contributed by atoms with Gasteiger partial charge < -0.3 is 10.1 Å². The van der Waals surface area contributed by atoms with Crippen LogP contribution in [0.15, 0.2) is 54.6 Å². The van der Waals surface area contributed by atoms with Gasteiger partial charge in [0.25, 0.3) is 11.8 Å². The number of urea groups is 1. The minimum absolute atomic E-state index is 0.140. The minimum atomic E-state index is -0.540. The Hall–Kier alpha value is -3.68. The van der Waals surface area contributed by atoms with E-state index >= 15 is 0 Å². The second kappa shape index (κ2) is 8.34. The van der Waals surface area contributed by atoms with Crippen molar-refractivity contribution >= 4 is 29.5 Å². The van der Waals surface area contributed by atoms with Crippen molar-refractivity contribution in [2.24, 2.45) is 0 Å². The summed E-state index contributed by atoms with van der Waals surface area (Å²) >= 11 is 0. The molecule has 4 amide bonds. The van der Waals surface area contributed by atoms with Crippen molar-refractivity contribution < 1.29 is 23.9 Å². The van der Waals surface area contributed by atoms with E-state index in [2.05, 4.69) is 5.32 Å². The monoisotopic (exact) mass is 381 g/mol. The highest BCUT2D eigenvalue weighted by atomic mass is 16.5. The van der Waals surface area contributed by atoms with Gasteiger partial charge in [-0.25, -0.2) is 14.5 Å². The number of nitrogens with one attached hydrogen (secondary N) is 1. The first-order valence-electron chi connectivity index (χ1n) is 8.73. The summed E-state index contributed by atoms with van der Waals surface area (Å²) in [5.74, 6) is -1.26. The lowest BCUT2D eigenvalue weighted by molar-refractivity contribution is -0.125. The van der Waals surface area contributed by atoms with Crippen LogP contribution in [0, 0.1) is 0 Å². The molecule has 2 aromatic rings. The SMILES string of the molecule is CCOC(=O)c1ccc(N2CC(=O)N(CNC(=O)c3ccccc3)C2=O)cc1. The number of ether oxygens (including phenoxy) is 1. The molecule has 1 saturated heterocycles. The van der Waals surface area contributed by atoms with Gasteiger partial charge in [0.05, 0.1) is 12.2 Å². The van der Waals surface area contributed by atoms with Crippen LogP contribution in [0.3, 0.4) is 0 Å². The zero-order valence-electron chi connectivity index (χ0n) is 15.3. The van der Waals surface area contributed by atoms with Crippen molar-refractivity contribution in [1.29, 1.82) is 0 Å². The van der Waals surface area contributed by atoms with Gasteiger partial charge in [0, 0.05) is 11.3 Å². The van der Waals surface area contributed by atoms with E-state index in [0.717, 1.165) is 4.90 Å². The van der Waals surface area contributed by atoms with E-state index < -0.39 is 17.9 Å². The molecule has 1 aliphatic rings. The highest BCUT2D eigenvalue weighted by Gasteiger charge is 2.37. The summed E-state index contributed by atoms with van der Waals surface area (Å²) in [5, 5.41) is 2.57. The van der Waals surface area contributed by atoms with Crippen LogP contribution in [0.5, 0.6) is 0 Å². The molecule has 0 unspecified atom stereocenters. The number of anilines is 1. The number of amides is 4. The van der Waals surface area contributed by atoms with Crippen molar-refractivity contribution in [2.75, 3.05) is 24.7 Å². The molecule has 3 rings (SSSR count). The zero-order valence-corrected chi connectivity index (χ0v) is 15.3. The van der Waals surface area contributed by atoms with Gasteiger partial charge in [0.1, 0.15) is 13.2 Å². The Morgan fingerprint density at radius 1 is 1.00 bits per heavy atom. The van der Waals surface area contributed by atoms with Crippen molar-refractivity contribution in [1.82, 2.24) is 10.2 Å². The Kier molecular flexibility index (Phi) is 5.69. The number of hydrogen-bond donors (Lipinski definition) is 1. The van der Waals surface area contributed by atoms with Gasteiger partial charge >= 0.3 is 12.0 Å². The van der Waals surface area contributed by atoms with E-state index in [1.54, 1.807) is 49.4 Å². The highest BCUT2D eigenvalue weighted by Crippen LogP contribution is 2.21. The average Bonchev–Trinajstić information content (AvgIpc) is 3.00. The predicted molar refractivity (Wildman–Crippen MR) is 101 cm³/mol. The Balaban J connectivity index is 1.64. The first-order valence-corrected chi connectivity index (χ1v) is 8.73. The van der Waals surface area contributed by atoms with Crippen molar-refractivity contribution in [3.05, 3.63) is 65.7 Å². The number of benzene rings is 2. The van der Waals surface area contributed by atoms with Crippen LogP contribution < -0.4 is 10.2 Å². The lowest BCUT2D eigenvalue weighted by Crippen LogP contribution is -2.42. The van der Waals surface area contributed by atoms with Crippen LogP contribution >= 0.6 is 0 Å². The normalized spacial score (nSPS) is 13.6. The smallest absolute Gasteiger partial charge is 0.338 e. The lowest BCUT2D eigenvalue weighted by Gasteiger charge is -2.17. The van der Waals surface area contributed by atoms with Crippen LogP contribution in [-0.4, -0.2) is 48.5 Å². The summed E-state index contributed by atoms with van der Waals surface area (Å²) in [6, 6.07) is 14.2. The molecular formula is C20H19N3O5. The maximum atomic E-state index is 12.6. The number of nitrogens with zero attached hydrogens (tertiary/aromatic N) is 2. The molecule has 144 valence electrons. The van der Waals surface area contributed by atoms with E-state index in [4.69, 9.17) is 4.74 Å². The third kappa shape index (κ3) is 4.01. The lowest BCUT2D eigenvalue weighted by atomic mass is 10.2. The van der Waals surface area contributed by atoms with E-state index in [1.807, 2.05) is 0 Å². The van der Waals surface area contributed by atoms with Crippen LogP contribution in [0.4, 0.5) is 10.5 Å². The molecule has 1 aliphatic heterocycles. The topological polar surface area (TPSA) is 96.0 Å². The van der Waals surface area contributed by atoms with Crippen molar-refractivity contribution in [2.45, 2.75) is 6.92 Å². The fraction of sp³-hybridized carbons (Fsp3) is 0.200. The van der Waals surface area contributed by atoms with Gasteiger partial charge in [0.15, 0.2) is 0 Å². The predicted octanol–water partition coefficient (Wildman–Crippen LogP) is 2.02. The third-order valence-corrected chi connectivity index (χ3v) is 4.18. The van der Waals surface area contributed by atoms with Crippen LogP contribution in [0.25, 0.3) is 0 Å². The van der Waals surface area contributed by atoms with Crippen LogP contribution in [0.1, 0.15) is 27.6 Å². The molecule has 0 aliphatic carbocycles. The Morgan fingerprint density at radius 2 is 1.68 bits per heavy atom. The molecule has 1 N–H and O–H groups in total. The molecule has 1 fully saturated rings. The number of carbonyl (C=O) groups excluding carboxylic acids is 4. The van der Waals surface area contributed by atoms with Gasteiger partial charge in [-0.2, -0.15) is 0 Å². The molecule has 2 aromatic carbocycles. The standard InChI is InChI=1S/C20H19N3O5/c1-2-28-19(26)15-8-10-16(11-9-15)22-12-17(24)23(20(22)27)13-21-18(25)14-6-4-3-5-7-14/h3-11H,2,12-13H2,1H3,(H,21,25). The first-order chi connectivity index (χ1) is 13.5. The first kappa shape index (κ1) is 19.1. The largest absolute Gasteiger partial charge is 0.462 e. The molecule has 28 heavy (non-hydrogen) atoms. The van der Waals surface area contributed by atoms with Gasteiger partial charge in [-0.1, -0.05) is 18.2 Å². The maximum absolute atomic E-state index is 12.6. The van der Waals surface area contributed by atoms with Gasteiger partial charge in [-0.15, -0.1) is 0 Å². The molecule has 0 atom stereocenters. The second-order valence-corrected chi connectivity index (χ2v) is 5.99. The molecule has 0 spiro atoms. The van der Waals surface area contributed by atoms with Crippen molar-refractivity contribution in [3.63, 3.8) is 0 Å². The second-order valence-electron chi connectivity index (χ2n) is 5.99. The molecular weight excluding hydrogens is 362 g/mol. The third-order valence-electron chi connectivity index (χ3n) is 4.18. The number of imide groups is 1. The van der Waals surface area contributed by atoms with E-state index in [0.29, 0.717) is 16.8 Å².